The van der Waals surface area contributed by atoms with E-state index in [1.165, 1.54) is 122 Å². The Balaban J connectivity index is 2.45. The van der Waals surface area contributed by atoms with E-state index < -0.39 is 61.5 Å². The third-order valence-corrected chi connectivity index (χ3v) is 10.6. The molecule has 0 unspecified atom stereocenters. The quantitative estimate of drug-likeness (QED) is 0.0250. The molecule has 54 heavy (non-hydrogen) atoms. The number of amides is 1. The molecule has 8 atom stereocenters. The number of hydrogen-bond donors (Lipinski definition) is 7. The molecule has 1 aliphatic rings. The Bertz CT molecular complexity index is 916. The SMILES string of the molecule is CCCCCC/C=C\CCCCCCCCC/C=C/[C@@H](O)[C@H](CO[C@@H]1O[C@H](CO)[C@@H](O)[C@H](O)[C@H]1O)NC(=O)[C@H](O)CCCCCCCCCCCCCC. The van der Waals surface area contributed by atoms with Gasteiger partial charge in [-0.25, -0.2) is 0 Å². The fourth-order valence-electron chi connectivity index (χ4n) is 6.92. The minimum absolute atomic E-state index is 0.306. The maximum absolute atomic E-state index is 13.0. The van der Waals surface area contributed by atoms with E-state index in [2.05, 4.69) is 31.3 Å². The molecule has 1 saturated heterocycles. The Morgan fingerprint density at radius 2 is 1.07 bits per heavy atom. The van der Waals surface area contributed by atoms with E-state index in [4.69, 9.17) is 9.47 Å². The second-order valence-electron chi connectivity index (χ2n) is 15.6. The van der Waals surface area contributed by atoms with Crippen molar-refractivity contribution in [1.82, 2.24) is 5.32 Å². The lowest BCUT2D eigenvalue weighted by Crippen LogP contribution is -2.60. The van der Waals surface area contributed by atoms with E-state index >= 15 is 0 Å². The van der Waals surface area contributed by atoms with Crippen molar-refractivity contribution < 1.29 is 44.9 Å². The summed E-state index contributed by atoms with van der Waals surface area (Å²) < 4.78 is 11.1. The summed E-state index contributed by atoms with van der Waals surface area (Å²) in [5.74, 6) is -0.619. The third-order valence-electron chi connectivity index (χ3n) is 10.6. The smallest absolute Gasteiger partial charge is 0.249 e. The molecule has 7 N–H and O–H groups in total. The minimum atomic E-state index is -1.61. The van der Waals surface area contributed by atoms with Gasteiger partial charge in [-0.2, -0.15) is 0 Å². The summed E-state index contributed by atoms with van der Waals surface area (Å²) in [6.07, 6.45) is 29.7. The summed E-state index contributed by atoms with van der Waals surface area (Å²) in [4.78, 5) is 13.0. The molecule has 0 aromatic carbocycles. The maximum Gasteiger partial charge on any atom is 0.249 e. The lowest BCUT2D eigenvalue weighted by molar-refractivity contribution is -0.302. The molecule has 0 aromatic heterocycles. The predicted octanol–water partition coefficient (Wildman–Crippen LogP) is 7.69. The molecule has 0 saturated carbocycles. The highest BCUT2D eigenvalue weighted by Crippen LogP contribution is 2.22. The summed E-state index contributed by atoms with van der Waals surface area (Å²) in [7, 11) is 0. The van der Waals surface area contributed by atoms with Crippen molar-refractivity contribution in [1.29, 1.82) is 0 Å². The van der Waals surface area contributed by atoms with Gasteiger partial charge in [0.25, 0.3) is 0 Å². The number of unbranched alkanes of at least 4 members (excludes halogenated alkanes) is 23. The molecule has 1 fully saturated rings. The highest BCUT2D eigenvalue weighted by molar-refractivity contribution is 5.80. The number of nitrogens with one attached hydrogen (secondary N) is 1. The summed E-state index contributed by atoms with van der Waals surface area (Å²) in [5, 5.41) is 64.5. The van der Waals surface area contributed by atoms with Gasteiger partial charge in [-0.15, -0.1) is 0 Å². The van der Waals surface area contributed by atoms with Crippen LogP contribution in [0, 0.1) is 0 Å². The first-order valence-corrected chi connectivity index (χ1v) is 22.2. The first kappa shape index (κ1) is 50.6. The van der Waals surface area contributed by atoms with Crippen molar-refractivity contribution in [2.45, 2.75) is 236 Å². The van der Waals surface area contributed by atoms with Crippen LogP contribution in [0.25, 0.3) is 0 Å². The number of ether oxygens (including phenoxy) is 2. The van der Waals surface area contributed by atoms with E-state index in [1.807, 2.05) is 6.08 Å². The van der Waals surface area contributed by atoms with Crippen LogP contribution in [0.15, 0.2) is 24.3 Å². The van der Waals surface area contributed by atoms with Crippen molar-refractivity contribution in [3.05, 3.63) is 24.3 Å². The van der Waals surface area contributed by atoms with Gasteiger partial charge in [0.2, 0.25) is 5.91 Å². The average molecular weight is 770 g/mol. The number of carbonyl (C=O) groups excluding carboxylic acids is 1. The summed E-state index contributed by atoms with van der Waals surface area (Å²) in [6.45, 7) is 3.57. The van der Waals surface area contributed by atoms with Crippen molar-refractivity contribution in [3.63, 3.8) is 0 Å². The highest BCUT2D eigenvalue weighted by Gasteiger charge is 2.44. The summed E-state index contributed by atoms with van der Waals surface area (Å²) in [5.41, 5.74) is 0. The van der Waals surface area contributed by atoms with Crippen LogP contribution in [0.1, 0.15) is 187 Å². The van der Waals surface area contributed by atoms with Crippen LogP contribution < -0.4 is 5.32 Å². The molecule has 0 radical (unpaired) electrons. The Kier molecular flexibility index (Phi) is 32.7. The van der Waals surface area contributed by atoms with E-state index in [0.717, 1.165) is 44.9 Å². The molecule has 0 aliphatic carbocycles. The second-order valence-corrected chi connectivity index (χ2v) is 15.6. The van der Waals surface area contributed by atoms with E-state index in [0.29, 0.717) is 6.42 Å². The average Bonchev–Trinajstić information content (AvgIpc) is 3.17. The van der Waals surface area contributed by atoms with Crippen LogP contribution >= 0.6 is 0 Å². The van der Waals surface area contributed by atoms with Crippen LogP contribution in [0.2, 0.25) is 0 Å². The van der Waals surface area contributed by atoms with Gasteiger partial charge < -0.3 is 45.4 Å². The zero-order chi connectivity index (χ0) is 39.7. The number of allylic oxidation sites excluding steroid dienone is 3. The Morgan fingerprint density at radius 3 is 1.57 bits per heavy atom. The van der Waals surface area contributed by atoms with Crippen molar-refractivity contribution in [3.8, 4) is 0 Å². The van der Waals surface area contributed by atoms with Crippen LogP contribution in [-0.2, 0) is 14.3 Å². The molecule has 10 heteroatoms. The van der Waals surface area contributed by atoms with Crippen molar-refractivity contribution in [2.75, 3.05) is 13.2 Å². The lowest BCUT2D eigenvalue weighted by Gasteiger charge is -2.40. The minimum Gasteiger partial charge on any atom is -0.394 e. The fraction of sp³-hybridized carbons (Fsp3) is 0.886. The Morgan fingerprint density at radius 1 is 0.630 bits per heavy atom. The van der Waals surface area contributed by atoms with Crippen LogP contribution in [0.4, 0.5) is 0 Å². The van der Waals surface area contributed by atoms with E-state index in [9.17, 15) is 35.4 Å². The molecule has 0 bridgehead atoms. The Hall–Kier alpha value is -1.37. The monoisotopic (exact) mass is 770 g/mol. The van der Waals surface area contributed by atoms with E-state index in [1.54, 1.807) is 6.08 Å². The fourth-order valence-corrected chi connectivity index (χ4v) is 6.92. The van der Waals surface area contributed by atoms with Gasteiger partial charge in [-0.3, -0.25) is 4.79 Å². The predicted molar refractivity (Wildman–Crippen MR) is 218 cm³/mol. The van der Waals surface area contributed by atoms with Gasteiger partial charge >= 0.3 is 0 Å². The number of aliphatic hydroxyl groups excluding tert-OH is 6. The zero-order valence-corrected chi connectivity index (χ0v) is 34.3. The van der Waals surface area contributed by atoms with Crippen molar-refractivity contribution >= 4 is 5.91 Å². The second kappa shape index (κ2) is 34.8. The largest absolute Gasteiger partial charge is 0.394 e. The van der Waals surface area contributed by atoms with Crippen LogP contribution in [0.3, 0.4) is 0 Å². The van der Waals surface area contributed by atoms with Gasteiger partial charge in [0.1, 0.15) is 30.5 Å². The number of aliphatic hydroxyl groups is 6. The lowest BCUT2D eigenvalue weighted by atomic mass is 9.99. The zero-order valence-electron chi connectivity index (χ0n) is 34.3. The highest BCUT2D eigenvalue weighted by atomic mass is 16.7. The molecule has 1 aliphatic heterocycles. The van der Waals surface area contributed by atoms with Crippen LogP contribution in [-0.4, -0.2) is 98.7 Å². The first-order valence-electron chi connectivity index (χ1n) is 22.2. The molecular weight excluding hydrogens is 686 g/mol. The summed E-state index contributed by atoms with van der Waals surface area (Å²) in [6, 6.07) is -0.978. The van der Waals surface area contributed by atoms with Gasteiger partial charge in [0.05, 0.1) is 25.4 Å². The first-order chi connectivity index (χ1) is 26.3. The van der Waals surface area contributed by atoms with Gasteiger partial charge in [0, 0.05) is 0 Å². The van der Waals surface area contributed by atoms with Gasteiger partial charge in [-0.1, -0.05) is 167 Å². The normalized spacial score (nSPS) is 22.3. The molecule has 1 rings (SSSR count). The molecule has 0 spiro atoms. The summed E-state index contributed by atoms with van der Waals surface area (Å²) >= 11 is 0. The molecule has 318 valence electrons. The number of hydrogen-bond acceptors (Lipinski definition) is 9. The standard InChI is InChI=1S/C44H83NO9/c1-3-5-7-9-11-13-15-17-18-19-20-21-23-24-26-28-30-32-37(47)36(35-53-44-42(51)41(50)40(49)39(34-46)54-44)45-43(52)38(48)33-31-29-27-25-22-16-14-12-10-8-6-4-2/h13,15,30,32,36-42,44,46-51H,3-12,14,16-29,31,33-35H2,1-2H3,(H,45,52)/b15-13-,32-30+/t36-,37+,38+,39+,40+,41-,42+,44+/m0/s1. The van der Waals surface area contributed by atoms with Crippen molar-refractivity contribution in [2.24, 2.45) is 0 Å². The third kappa shape index (κ3) is 25.0. The van der Waals surface area contributed by atoms with Crippen LogP contribution in [0.5, 0.6) is 0 Å². The number of carbonyl (C=O) groups is 1. The molecular formula is C44H83NO9. The topological polar surface area (TPSA) is 169 Å². The Labute approximate surface area is 329 Å². The maximum atomic E-state index is 13.0. The molecule has 1 amide bonds. The molecule has 1 heterocycles. The number of rotatable bonds is 36. The van der Waals surface area contributed by atoms with Gasteiger partial charge in [0.15, 0.2) is 6.29 Å². The molecule has 0 aromatic rings. The molecule has 10 nitrogen and oxygen atoms in total. The van der Waals surface area contributed by atoms with E-state index in [-0.39, 0.29) is 6.61 Å². The van der Waals surface area contributed by atoms with Gasteiger partial charge in [-0.05, 0) is 44.9 Å².